The summed E-state index contributed by atoms with van der Waals surface area (Å²) in [6.45, 7) is 4.55. The van der Waals surface area contributed by atoms with Gasteiger partial charge in [-0.25, -0.2) is 9.67 Å². The molecule has 0 aliphatic carbocycles. The number of methoxy groups -OCH3 is 1. The summed E-state index contributed by atoms with van der Waals surface area (Å²) in [6, 6.07) is 17.2. The maximum absolute atomic E-state index is 13.4. The van der Waals surface area contributed by atoms with Gasteiger partial charge in [-0.1, -0.05) is 30.3 Å². The molecule has 0 aliphatic rings. The van der Waals surface area contributed by atoms with Crippen LogP contribution in [0.25, 0.3) is 16.9 Å². The number of aromatic nitrogens is 4. The van der Waals surface area contributed by atoms with Crippen molar-refractivity contribution < 1.29 is 4.74 Å². The molecule has 2 aromatic heterocycles. The van der Waals surface area contributed by atoms with E-state index < -0.39 is 0 Å². The third-order valence-corrected chi connectivity index (χ3v) is 6.35. The number of ether oxygens (including phenoxy) is 1. The molecular weight excluding hydrogens is 434 g/mol. The number of hydrogen-bond donors (Lipinski definition) is 2. The van der Waals surface area contributed by atoms with E-state index in [0.29, 0.717) is 12.1 Å². The lowest BCUT2D eigenvalue weighted by Crippen LogP contribution is -2.19. The second-order valence-electron chi connectivity index (χ2n) is 7.56. The van der Waals surface area contributed by atoms with Crippen molar-refractivity contribution in [1.29, 1.82) is 0 Å². The summed E-state index contributed by atoms with van der Waals surface area (Å²) in [5.41, 5.74) is 5.79. The highest BCUT2D eigenvalue weighted by atomic mass is 32.2. The zero-order valence-corrected chi connectivity index (χ0v) is 19.8. The summed E-state index contributed by atoms with van der Waals surface area (Å²) in [5, 5.41) is 3.29. The smallest absolute Gasteiger partial charge is 0.280 e. The first-order valence-corrected chi connectivity index (χ1v) is 11.9. The van der Waals surface area contributed by atoms with Crippen molar-refractivity contribution in [2.24, 2.45) is 4.99 Å². The zero-order chi connectivity index (χ0) is 23.2. The Morgan fingerprint density at radius 1 is 1.15 bits per heavy atom. The second-order valence-corrected chi connectivity index (χ2v) is 8.67. The van der Waals surface area contributed by atoms with Gasteiger partial charge in [0.15, 0.2) is 0 Å². The van der Waals surface area contributed by atoms with Gasteiger partial charge in [0, 0.05) is 35.0 Å². The van der Waals surface area contributed by atoms with Crippen LogP contribution >= 0.6 is 11.8 Å². The van der Waals surface area contributed by atoms with Crippen molar-refractivity contribution in [3.8, 4) is 22.7 Å². The number of thioether (sulfide) groups is 1. The number of aryl methyl sites for hydroxylation is 1. The molecule has 2 heterocycles. The fourth-order valence-corrected chi connectivity index (χ4v) is 4.41. The van der Waals surface area contributed by atoms with Gasteiger partial charge in [-0.3, -0.25) is 14.9 Å². The average Bonchev–Trinajstić information content (AvgIpc) is 3.42. The van der Waals surface area contributed by atoms with Crippen LogP contribution in [-0.4, -0.2) is 44.9 Å². The third kappa shape index (κ3) is 5.12. The van der Waals surface area contributed by atoms with E-state index in [-0.39, 0.29) is 5.56 Å². The van der Waals surface area contributed by atoms with Gasteiger partial charge >= 0.3 is 0 Å². The molecular formula is C25H27N5O2S. The molecule has 0 amide bonds. The Balaban J connectivity index is 1.59. The molecule has 0 fully saturated rings. The van der Waals surface area contributed by atoms with Crippen LogP contribution in [0.5, 0.6) is 5.75 Å². The summed E-state index contributed by atoms with van der Waals surface area (Å²) in [5.74, 6) is 2.43. The quantitative estimate of drug-likeness (QED) is 0.281. The van der Waals surface area contributed by atoms with Crippen LogP contribution in [0.1, 0.15) is 23.9 Å². The maximum atomic E-state index is 13.4. The van der Waals surface area contributed by atoms with E-state index in [4.69, 9.17) is 9.73 Å². The predicted octanol–water partition coefficient (Wildman–Crippen LogP) is 4.62. The molecule has 7 nitrogen and oxygen atoms in total. The molecule has 2 N–H and O–H groups in total. The minimum atomic E-state index is -0.125. The number of H-pyrrole nitrogens is 2. The van der Waals surface area contributed by atoms with Gasteiger partial charge in [-0.15, -0.1) is 0 Å². The van der Waals surface area contributed by atoms with E-state index in [1.54, 1.807) is 29.9 Å². The highest BCUT2D eigenvalue weighted by Crippen LogP contribution is 2.22. The van der Waals surface area contributed by atoms with E-state index in [9.17, 15) is 4.79 Å². The monoisotopic (exact) mass is 461 g/mol. The Labute approximate surface area is 196 Å². The van der Waals surface area contributed by atoms with Gasteiger partial charge in [-0.05, 0) is 38.1 Å². The standard InChI is InChI=1S/C25H27N5O2S/c1-17-22(28-16-27-17)15-33-14-13-26-18(2)23-24(19-7-5-4-6-8-19)29-30(25(23)31)20-9-11-21(32-3)12-10-20/h4-12,16,29H,13-15H2,1-3H3,(H,27,28). The van der Waals surface area contributed by atoms with Crippen LogP contribution in [0.3, 0.4) is 0 Å². The first-order chi connectivity index (χ1) is 16.1. The largest absolute Gasteiger partial charge is 0.497 e. The molecule has 0 spiro atoms. The number of rotatable bonds is 9. The lowest BCUT2D eigenvalue weighted by atomic mass is 10.1. The van der Waals surface area contributed by atoms with E-state index in [2.05, 4.69) is 15.1 Å². The predicted molar refractivity (Wildman–Crippen MR) is 135 cm³/mol. The number of aromatic amines is 2. The summed E-state index contributed by atoms with van der Waals surface area (Å²) in [4.78, 5) is 25.6. The minimum Gasteiger partial charge on any atom is -0.497 e. The van der Waals surface area contributed by atoms with Gasteiger partial charge in [0.25, 0.3) is 5.56 Å². The van der Waals surface area contributed by atoms with Crippen LogP contribution in [0, 0.1) is 6.92 Å². The van der Waals surface area contributed by atoms with Crippen LogP contribution in [0.15, 0.2) is 70.7 Å². The molecule has 0 aliphatic heterocycles. The van der Waals surface area contributed by atoms with Crippen LogP contribution < -0.4 is 10.3 Å². The zero-order valence-electron chi connectivity index (χ0n) is 19.0. The van der Waals surface area contributed by atoms with Gasteiger partial charge in [0.05, 0.1) is 36.1 Å². The van der Waals surface area contributed by atoms with Gasteiger partial charge in [0.2, 0.25) is 0 Å². The average molecular weight is 462 g/mol. The molecule has 2 aromatic carbocycles. The molecule has 0 radical (unpaired) electrons. The second kappa shape index (κ2) is 10.4. The lowest BCUT2D eigenvalue weighted by Gasteiger charge is -2.04. The molecule has 0 saturated heterocycles. The Hall–Kier alpha value is -3.52. The van der Waals surface area contributed by atoms with E-state index >= 15 is 0 Å². The van der Waals surface area contributed by atoms with Crippen LogP contribution in [0.4, 0.5) is 0 Å². The summed E-state index contributed by atoms with van der Waals surface area (Å²) in [7, 11) is 1.62. The molecule has 0 bridgehead atoms. The molecule has 0 unspecified atom stereocenters. The van der Waals surface area contributed by atoms with Gasteiger partial charge in [0.1, 0.15) is 5.75 Å². The Morgan fingerprint density at radius 2 is 1.91 bits per heavy atom. The van der Waals surface area contributed by atoms with Crippen LogP contribution in [0.2, 0.25) is 0 Å². The Bertz CT molecular complexity index is 1290. The van der Waals surface area contributed by atoms with Crippen molar-refractivity contribution >= 4 is 17.5 Å². The highest BCUT2D eigenvalue weighted by molar-refractivity contribution is 7.98. The first kappa shape index (κ1) is 22.7. The minimum absolute atomic E-state index is 0.125. The number of imidazole rings is 1. The highest BCUT2D eigenvalue weighted by Gasteiger charge is 2.19. The van der Waals surface area contributed by atoms with Gasteiger partial charge in [-0.2, -0.15) is 11.8 Å². The van der Waals surface area contributed by atoms with Crippen LogP contribution in [-0.2, 0) is 5.75 Å². The van der Waals surface area contributed by atoms with Crippen molar-refractivity contribution in [2.75, 3.05) is 19.4 Å². The van der Waals surface area contributed by atoms with E-state index in [1.165, 1.54) is 0 Å². The molecule has 0 saturated carbocycles. The van der Waals surface area contributed by atoms with Gasteiger partial charge < -0.3 is 9.72 Å². The Morgan fingerprint density at radius 3 is 2.58 bits per heavy atom. The Kier molecular flexibility index (Phi) is 7.14. The van der Waals surface area contributed by atoms with Crippen molar-refractivity contribution in [1.82, 2.24) is 19.7 Å². The summed E-state index contributed by atoms with van der Waals surface area (Å²) >= 11 is 1.78. The third-order valence-electron chi connectivity index (χ3n) is 5.40. The summed E-state index contributed by atoms with van der Waals surface area (Å²) < 4.78 is 6.80. The molecule has 0 atom stereocenters. The van der Waals surface area contributed by atoms with Crippen molar-refractivity contribution in [2.45, 2.75) is 19.6 Å². The fourth-order valence-electron chi connectivity index (χ4n) is 3.56. The van der Waals surface area contributed by atoms with Crippen molar-refractivity contribution in [3.63, 3.8) is 0 Å². The molecule has 8 heteroatoms. The van der Waals surface area contributed by atoms with E-state index in [1.807, 2.05) is 68.4 Å². The number of hydrogen-bond acceptors (Lipinski definition) is 5. The lowest BCUT2D eigenvalue weighted by molar-refractivity contribution is 0.414. The number of nitrogens with zero attached hydrogens (tertiary/aromatic N) is 3. The maximum Gasteiger partial charge on any atom is 0.280 e. The van der Waals surface area contributed by atoms with E-state index in [0.717, 1.165) is 51.3 Å². The number of nitrogens with one attached hydrogen (secondary N) is 2. The molecule has 4 aromatic rings. The molecule has 170 valence electrons. The first-order valence-electron chi connectivity index (χ1n) is 10.7. The number of benzene rings is 2. The molecule has 33 heavy (non-hydrogen) atoms. The SMILES string of the molecule is COc1ccc(-n2[nH]c(-c3ccccc3)c(C(C)=NCCSCc3nc[nH]c3C)c2=O)cc1. The van der Waals surface area contributed by atoms with Crippen molar-refractivity contribution in [3.05, 3.63) is 88.2 Å². The normalized spacial score (nSPS) is 11.7. The summed E-state index contributed by atoms with van der Waals surface area (Å²) in [6.07, 6.45) is 1.72. The molecule has 4 rings (SSSR count). The topological polar surface area (TPSA) is 88.1 Å². The fraction of sp³-hybridized carbons (Fsp3) is 0.240. The number of aliphatic imine (C=N–C) groups is 1.